The van der Waals surface area contributed by atoms with Crippen molar-refractivity contribution in [3.8, 4) is 11.1 Å². The number of rotatable bonds is 3. The zero-order chi connectivity index (χ0) is 25.1. The molecule has 4 heterocycles. The smallest absolute Gasteiger partial charge is 0.271 e. The highest BCUT2D eigenvalue weighted by atomic mass is 35.5. The maximum atomic E-state index is 13.8. The molecule has 32 heavy (non-hydrogen) atoms. The quantitative estimate of drug-likeness (QED) is 0.657. The van der Waals surface area contributed by atoms with Gasteiger partial charge in [0.25, 0.3) is 11.8 Å². The Morgan fingerprint density at radius 3 is 2.78 bits per heavy atom. The summed E-state index contributed by atoms with van der Waals surface area (Å²) in [6, 6.07) is 6.15. The van der Waals surface area contributed by atoms with E-state index in [-0.39, 0.29) is 34.8 Å². The predicted molar refractivity (Wildman–Crippen MR) is 118 cm³/mol. The Balaban J connectivity index is 1.70. The monoisotopic (exact) mass is 453 g/mol. The van der Waals surface area contributed by atoms with E-state index in [0.717, 1.165) is 10.5 Å². The number of pyridine rings is 1. The Hall–Kier alpha value is -3.72. The van der Waals surface area contributed by atoms with Crippen LogP contribution in [-0.2, 0) is 16.6 Å². The molecule has 2 aliphatic heterocycles. The van der Waals surface area contributed by atoms with Crippen LogP contribution in [0.1, 0.15) is 27.3 Å². The second kappa shape index (κ2) is 7.16. The number of hydrogen-bond acceptors (Lipinski definition) is 5. The van der Waals surface area contributed by atoms with E-state index in [1.165, 1.54) is 24.5 Å². The second-order valence-corrected chi connectivity index (χ2v) is 8.10. The first kappa shape index (κ1) is 16.9. The first-order valence-corrected chi connectivity index (χ1v) is 10.1. The van der Waals surface area contributed by atoms with Gasteiger partial charge in [-0.2, -0.15) is 5.10 Å². The van der Waals surface area contributed by atoms with Crippen LogP contribution in [-0.4, -0.2) is 50.0 Å². The van der Waals surface area contributed by atoms with Gasteiger partial charge in [-0.1, -0.05) is 17.7 Å². The number of aromatic nitrogens is 3. The summed E-state index contributed by atoms with van der Waals surface area (Å²) in [5, 5.41) is 7.00. The first-order valence-electron chi connectivity index (χ1n) is 11.3. The van der Waals surface area contributed by atoms with Crippen LogP contribution in [0.25, 0.3) is 11.1 Å². The molecule has 3 aromatic rings. The number of nitrogens with one attached hydrogen (secondary N) is 1. The maximum absolute atomic E-state index is 13.8. The highest BCUT2D eigenvalue weighted by Gasteiger charge is 2.59. The van der Waals surface area contributed by atoms with Crippen LogP contribution >= 0.6 is 11.6 Å². The molecular formula is C22H19ClN6O3. The van der Waals surface area contributed by atoms with Crippen molar-refractivity contribution in [1.29, 1.82) is 0 Å². The lowest BCUT2D eigenvalue weighted by Crippen LogP contribution is -2.68. The molecule has 0 saturated carbocycles. The maximum Gasteiger partial charge on any atom is 0.271 e. The summed E-state index contributed by atoms with van der Waals surface area (Å²) in [6.07, 6.45) is 5.76. The summed E-state index contributed by atoms with van der Waals surface area (Å²) in [6.45, 7) is -3.01. The summed E-state index contributed by atoms with van der Waals surface area (Å²) in [4.78, 5) is 46.1. The van der Waals surface area contributed by atoms with Gasteiger partial charge in [-0.3, -0.25) is 28.9 Å². The van der Waals surface area contributed by atoms with Crippen molar-refractivity contribution in [2.45, 2.75) is 18.5 Å². The summed E-state index contributed by atoms with van der Waals surface area (Å²) in [7, 11) is 1.75. The van der Waals surface area contributed by atoms with Crippen molar-refractivity contribution in [2.24, 2.45) is 7.05 Å². The van der Waals surface area contributed by atoms with Crippen molar-refractivity contribution in [1.82, 2.24) is 19.7 Å². The molecule has 1 N–H and O–H groups in total. The van der Waals surface area contributed by atoms with Crippen molar-refractivity contribution in [3.05, 3.63) is 59.6 Å². The summed E-state index contributed by atoms with van der Waals surface area (Å²) >= 11 is 5.98. The first-order chi connectivity index (χ1) is 16.5. The molecule has 2 aliphatic rings. The summed E-state index contributed by atoms with van der Waals surface area (Å²) < 4.78 is 25.9. The average molecular weight is 454 g/mol. The minimum absolute atomic E-state index is 0.0110. The lowest BCUT2D eigenvalue weighted by molar-refractivity contribution is -0.128. The third-order valence-electron chi connectivity index (χ3n) is 5.71. The molecule has 9 nitrogen and oxygen atoms in total. The Morgan fingerprint density at radius 2 is 2.06 bits per heavy atom. The molecule has 0 spiro atoms. The minimum Gasteiger partial charge on any atom is -0.321 e. The molecule has 1 fully saturated rings. The molecule has 5 rings (SSSR count). The zero-order valence-corrected chi connectivity index (χ0v) is 17.6. The van der Waals surface area contributed by atoms with Crippen LogP contribution in [0.15, 0.2) is 49.1 Å². The molecule has 1 atom stereocenters. The number of nitrogens with zero attached hydrogens (tertiary/aromatic N) is 5. The standard InChI is InChI=1S/C22H19ClN6O3/c1-27-12-14(9-25-27)13-3-4-17-18(7-13)29-19(30)5-6-22(29,28(2)20(17)31)21(32)26-16-8-15(23)10-24-11-16/h3-4,7-12H,5-6H2,1-2H3,(H,26,32)/i2D3. The third-order valence-corrected chi connectivity index (χ3v) is 5.92. The molecule has 10 heteroatoms. The van der Waals surface area contributed by atoms with Crippen LogP contribution < -0.4 is 10.2 Å². The largest absolute Gasteiger partial charge is 0.321 e. The van der Waals surface area contributed by atoms with Gasteiger partial charge in [0, 0.05) is 48.9 Å². The van der Waals surface area contributed by atoms with E-state index < -0.39 is 30.4 Å². The van der Waals surface area contributed by atoms with E-state index in [0.29, 0.717) is 10.5 Å². The Kier molecular flexibility index (Phi) is 3.79. The molecule has 162 valence electrons. The topological polar surface area (TPSA) is 100 Å². The fourth-order valence-electron chi connectivity index (χ4n) is 4.22. The molecule has 1 unspecified atom stereocenters. The fraction of sp³-hybridized carbons (Fsp3) is 0.227. The lowest BCUT2D eigenvalue weighted by Gasteiger charge is -2.47. The number of halogens is 1. The van der Waals surface area contributed by atoms with Crippen LogP contribution in [0.4, 0.5) is 11.4 Å². The van der Waals surface area contributed by atoms with Crippen molar-refractivity contribution in [2.75, 3.05) is 17.2 Å². The van der Waals surface area contributed by atoms with Crippen LogP contribution in [0.3, 0.4) is 0 Å². The van der Waals surface area contributed by atoms with Gasteiger partial charge in [0.2, 0.25) is 11.6 Å². The van der Waals surface area contributed by atoms with E-state index in [9.17, 15) is 14.4 Å². The SMILES string of the molecule is [2H]C([2H])([2H])N1C(=O)c2ccc(-c3cnn(C)c3)cc2N2C(=O)CCC21C(=O)Nc1cncc(Cl)c1. The summed E-state index contributed by atoms with van der Waals surface area (Å²) in [5.41, 5.74) is -0.352. The predicted octanol–water partition coefficient (Wildman–Crippen LogP) is 2.68. The van der Waals surface area contributed by atoms with E-state index >= 15 is 0 Å². The minimum atomic E-state index is -3.01. The molecule has 0 bridgehead atoms. The number of fused-ring (bicyclic) bond motifs is 3. The number of carbonyl (C=O) groups is 3. The number of hydrogen-bond donors (Lipinski definition) is 1. The highest BCUT2D eigenvalue weighted by Crippen LogP contribution is 2.45. The normalized spacial score (nSPS) is 21.5. The number of aryl methyl sites for hydroxylation is 1. The van der Waals surface area contributed by atoms with E-state index in [2.05, 4.69) is 15.4 Å². The van der Waals surface area contributed by atoms with Gasteiger partial charge in [-0.25, -0.2) is 0 Å². The second-order valence-electron chi connectivity index (χ2n) is 7.67. The average Bonchev–Trinajstić information content (AvgIpc) is 3.37. The van der Waals surface area contributed by atoms with Gasteiger partial charge in [-0.05, 0) is 23.8 Å². The van der Waals surface area contributed by atoms with Crippen molar-refractivity contribution >= 4 is 40.7 Å². The van der Waals surface area contributed by atoms with Crippen LogP contribution in [0, 0.1) is 0 Å². The fourth-order valence-corrected chi connectivity index (χ4v) is 4.39. The van der Waals surface area contributed by atoms with E-state index in [1.54, 1.807) is 36.3 Å². The van der Waals surface area contributed by atoms with Crippen molar-refractivity contribution < 1.29 is 18.5 Å². The molecule has 2 aromatic heterocycles. The molecule has 1 aromatic carbocycles. The van der Waals surface area contributed by atoms with Crippen LogP contribution in [0.2, 0.25) is 5.02 Å². The van der Waals surface area contributed by atoms with E-state index in [4.69, 9.17) is 15.7 Å². The van der Waals surface area contributed by atoms with Gasteiger partial charge in [0.05, 0.1) is 34.4 Å². The molecule has 0 radical (unpaired) electrons. The highest BCUT2D eigenvalue weighted by molar-refractivity contribution is 6.30. The molecular weight excluding hydrogens is 432 g/mol. The Bertz CT molecular complexity index is 1390. The van der Waals surface area contributed by atoms with Crippen LogP contribution in [0.5, 0.6) is 0 Å². The zero-order valence-electron chi connectivity index (χ0n) is 19.9. The van der Waals surface area contributed by atoms with Gasteiger partial charge < -0.3 is 10.2 Å². The van der Waals surface area contributed by atoms with Gasteiger partial charge >= 0.3 is 0 Å². The number of likely N-dealkylation sites (N-methyl/N-ethyl adjacent to an activating group) is 1. The molecule has 3 amide bonds. The molecule has 0 aliphatic carbocycles. The molecule has 1 saturated heterocycles. The third kappa shape index (κ3) is 2.89. The summed E-state index contributed by atoms with van der Waals surface area (Å²) in [5.74, 6) is -2.20. The number of anilines is 2. The van der Waals surface area contributed by atoms with E-state index in [1.807, 2.05) is 0 Å². The Morgan fingerprint density at radius 1 is 1.22 bits per heavy atom. The van der Waals surface area contributed by atoms with Crippen molar-refractivity contribution in [3.63, 3.8) is 0 Å². The lowest BCUT2D eigenvalue weighted by atomic mass is 9.94. The number of amides is 3. The van der Waals surface area contributed by atoms with Gasteiger partial charge in [-0.15, -0.1) is 0 Å². The number of benzene rings is 1. The van der Waals surface area contributed by atoms with Gasteiger partial charge in [0.1, 0.15) is 0 Å². The van der Waals surface area contributed by atoms with Gasteiger partial charge in [0.15, 0.2) is 0 Å². The number of carbonyl (C=O) groups excluding carboxylic acids is 3. The Labute approximate surface area is 192 Å².